The van der Waals surface area contributed by atoms with Crippen molar-refractivity contribution >= 4 is 29.0 Å². The molecule has 0 spiro atoms. The number of esters is 1. The van der Waals surface area contributed by atoms with Gasteiger partial charge >= 0.3 is 17.8 Å². The van der Waals surface area contributed by atoms with Crippen LogP contribution in [0.5, 0.6) is 0 Å². The van der Waals surface area contributed by atoms with Gasteiger partial charge in [-0.1, -0.05) is 36.3 Å². The van der Waals surface area contributed by atoms with E-state index in [4.69, 9.17) is 0 Å². The minimum atomic E-state index is -5.50. The average molecular weight is 562 g/mol. The maximum Gasteiger partial charge on any atom is 0.491 e. The van der Waals surface area contributed by atoms with Crippen molar-refractivity contribution in [2.24, 2.45) is 7.05 Å². The van der Waals surface area contributed by atoms with Crippen LogP contribution < -0.4 is 26.8 Å². The van der Waals surface area contributed by atoms with Gasteiger partial charge in [-0.15, -0.1) is 5.92 Å². The summed E-state index contributed by atoms with van der Waals surface area (Å²) in [6, 6.07) is 8.34. The second kappa shape index (κ2) is 11.7. The van der Waals surface area contributed by atoms with Crippen LogP contribution in [0.2, 0.25) is 0 Å². The Labute approximate surface area is 225 Å². The highest BCUT2D eigenvalue weighted by molar-refractivity contribution is 5.84. The molecule has 1 aliphatic heterocycles. The maximum absolute atomic E-state index is 13.8. The smallest absolute Gasteiger partial charge is 0.424 e. The molecule has 1 amide bonds. The number of piperazine rings is 1. The zero-order chi connectivity index (χ0) is 29.0. The number of nitrogens with zero attached hydrogens (tertiary/aromatic N) is 5. The van der Waals surface area contributed by atoms with Gasteiger partial charge in [-0.2, -0.15) is 18.2 Å². The Kier molecular flexibility index (Phi) is 8.29. The number of ether oxygens (including phenoxy) is 1. The number of fused-ring (bicyclic) bond motifs is 1. The zero-order valence-electron chi connectivity index (χ0n) is 21.6. The fourth-order valence-corrected chi connectivity index (χ4v) is 4.21. The maximum atomic E-state index is 13.8. The van der Waals surface area contributed by atoms with Crippen molar-refractivity contribution in [3.05, 3.63) is 56.7 Å². The molecule has 1 unspecified atom stereocenters. The van der Waals surface area contributed by atoms with Crippen molar-refractivity contribution < 1.29 is 27.5 Å². The third kappa shape index (κ3) is 5.71. The summed E-state index contributed by atoms with van der Waals surface area (Å²) in [4.78, 5) is 58.4. The van der Waals surface area contributed by atoms with E-state index in [1.54, 1.807) is 37.3 Å². The van der Waals surface area contributed by atoms with Crippen molar-refractivity contribution in [2.45, 2.75) is 32.4 Å². The quantitative estimate of drug-likeness (QED) is 0.310. The Morgan fingerprint density at radius 3 is 2.48 bits per heavy atom. The second-order valence-corrected chi connectivity index (χ2v) is 8.81. The van der Waals surface area contributed by atoms with Crippen LogP contribution in [0.3, 0.4) is 0 Å². The van der Waals surface area contributed by atoms with E-state index >= 15 is 0 Å². The monoisotopic (exact) mass is 561 g/mol. The zero-order valence-corrected chi connectivity index (χ0v) is 21.6. The first kappa shape index (κ1) is 28.4. The number of benzene rings is 1. The van der Waals surface area contributed by atoms with Gasteiger partial charge < -0.3 is 20.3 Å². The summed E-state index contributed by atoms with van der Waals surface area (Å²) in [6.45, 7) is 3.69. The molecule has 1 aliphatic rings. The molecule has 12 nitrogen and oxygen atoms in total. The number of aryl methyl sites for hydroxylation is 1. The number of anilines is 1. The van der Waals surface area contributed by atoms with Crippen molar-refractivity contribution in [2.75, 3.05) is 31.1 Å². The standard InChI is InChI=1S/C25H26F3N7O5/c1-3-4-12-34-17-18(31-23(34)33-13-10-29-11-14-33)32(2)24(39)35(20(17)37)21(40-22(38)25(26,27)28)19(36)30-15-16-8-6-5-7-9-16/h5-9,21,29H,10-15H2,1-2H3,(H,30,36). The van der Waals surface area contributed by atoms with E-state index in [9.17, 15) is 32.3 Å². The number of hydrogen-bond acceptors (Lipinski definition) is 8. The predicted molar refractivity (Wildman–Crippen MR) is 137 cm³/mol. The van der Waals surface area contributed by atoms with Crippen LogP contribution in [0.1, 0.15) is 18.7 Å². The summed E-state index contributed by atoms with van der Waals surface area (Å²) >= 11 is 0. The molecule has 2 aromatic heterocycles. The number of hydrogen-bond donors (Lipinski definition) is 2. The number of aromatic nitrogens is 4. The first-order chi connectivity index (χ1) is 19.0. The average Bonchev–Trinajstić information content (AvgIpc) is 3.33. The van der Waals surface area contributed by atoms with Crippen molar-refractivity contribution in [3.63, 3.8) is 0 Å². The molecule has 1 saturated heterocycles. The number of rotatable bonds is 7. The molecule has 1 fully saturated rings. The molecule has 3 heterocycles. The Morgan fingerprint density at radius 2 is 1.85 bits per heavy atom. The molecular formula is C25H26F3N7O5. The third-order valence-corrected chi connectivity index (χ3v) is 6.19. The highest BCUT2D eigenvalue weighted by Gasteiger charge is 2.44. The molecular weight excluding hydrogens is 535 g/mol. The molecule has 1 atom stereocenters. The van der Waals surface area contributed by atoms with Crippen molar-refractivity contribution in [1.29, 1.82) is 0 Å². The third-order valence-electron chi connectivity index (χ3n) is 6.19. The molecule has 40 heavy (non-hydrogen) atoms. The lowest BCUT2D eigenvalue weighted by molar-refractivity contribution is -0.209. The first-order valence-electron chi connectivity index (χ1n) is 12.2. The molecule has 1 aromatic carbocycles. The SMILES string of the molecule is CC#CCn1c(N2CCNCC2)nc2c1c(=O)n(C(OC(=O)C(F)(F)F)C(=O)NCc1ccccc1)c(=O)n2C. The minimum absolute atomic E-state index is 0.0348. The van der Waals surface area contributed by atoms with E-state index in [1.165, 1.54) is 11.6 Å². The van der Waals surface area contributed by atoms with Gasteiger partial charge in [0.25, 0.3) is 17.7 Å². The van der Waals surface area contributed by atoms with Gasteiger partial charge in [-0.05, 0) is 12.5 Å². The fourth-order valence-electron chi connectivity index (χ4n) is 4.21. The number of imidazole rings is 1. The van der Waals surface area contributed by atoms with E-state index in [0.717, 1.165) is 4.57 Å². The van der Waals surface area contributed by atoms with Gasteiger partial charge in [0.2, 0.25) is 5.95 Å². The number of nitrogens with one attached hydrogen (secondary N) is 2. The van der Waals surface area contributed by atoms with E-state index in [1.807, 2.05) is 4.90 Å². The Morgan fingerprint density at radius 1 is 1.18 bits per heavy atom. The topological polar surface area (TPSA) is 132 Å². The largest absolute Gasteiger partial charge is 0.491 e. The summed E-state index contributed by atoms with van der Waals surface area (Å²) < 4.78 is 46.5. The predicted octanol–water partition coefficient (Wildman–Crippen LogP) is 0.250. The van der Waals surface area contributed by atoms with Gasteiger partial charge in [-0.25, -0.2) is 14.2 Å². The highest BCUT2D eigenvalue weighted by atomic mass is 19.4. The Hall–Kier alpha value is -4.58. The second-order valence-electron chi connectivity index (χ2n) is 8.81. The molecule has 3 aromatic rings. The lowest BCUT2D eigenvalue weighted by atomic mass is 10.2. The summed E-state index contributed by atoms with van der Waals surface area (Å²) in [6.07, 6.45) is -8.05. The Bertz CT molecular complexity index is 1590. The number of amides is 1. The van der Waals surface area contributed by atoms with Gasteiger partial charge in [0.15, 0.2) is 11.2 Å². The van der Waals surface area contributed by atoms with Crippen LogP contribution in [0.4, 0.5) is 19.1 Å². The van der Waals surface area contributed by atoms with E-state index in [-0.39, 0.29) is 28.8 Å². The molecule has 15 heteroatoms. The molecule has 0 bridgehead atoms. The molecule has 0 radical (unpaired) electrons. The number of carbonyl (C=O) groups is 2. The summed E-state index contributed by atoms with van der Waals surface area (Å²) in [5, 5.41) is 5.52. The molecule has 0 aliphatic carbocycles. The van der Waals surface area contributed by atoms with Gasteiger partial charge in [0.05, 0.1) is 6.54 Å². The van der Waals surface area contributed by atoms with Crippen LogP contribution in [0.15, 0.2) is 39.9 Å². The summed E-state index contributed by atoms with van der Waals surface area (Å²) in [5.41, 5.74) is -2.06. The number of halogens is 3. The lowest BCUT2D eigenvalue weighted by Crippen LogP contribution is -2.49. The highest BCUT2D eigenvalue weighted by Crippen LogP contribution is 2.23. The normalized spacial score (nSPS) is 14.4. The summed E-state index contributed by atoms with van der Waals surface area (Å²) in [5.74, 6) is 1.81. The fraction of sp³-hybridized carbons (Fsp3) is 0.400. The van der Waals surface area contributed by atoms with Crippen LogP contribution >= 0.6 is 0 Å². The first-order valence-corrected chi connectivity index (χ1v) is 12.2. The summed E-state index contributed by atoms with van der Waals surface area (Å²) in [7, 11) is 1.25. The van der Waals surface area contributed by atoms with E-state index in [0.29, 0.717) is 37.7 Å². The van der Waals surface area contributed by atoms with Gasteiger partial charge in [0, 0.05) is 39.8 Å². The number of alkyl halides is 3. The molecule has 212 valence electrons. The van der Waals surface area contributed by atoms with Crippen LogP contribution in [-0.4, -0.2) is 62.9 Å². The lowest BCUT2D eigenvalue weighted by Gasteiger charge is -2.28. The molecule has 0 saturated carbocycles. The Balaban J connectivity index is 1.88. The van der Waals surface area contributed by atoms with E-state index in [2.05, 4.69) is 32.2 Å². The molecule has 4 rings (SSSR count). The van der Waals surface area contributed by atoms with Crippen molar-refractivity contribution in [3.8, 4) is 11.8 Å². The van der Waals surface area contributed by atoms with Crippen molar-refractivity contribution in [1.82, 2.24) is 29.3 Å². The van der Waals surface area contributed by atoms with Gasteiger partial charge in [0.1, 0.15) is 0 Å². The minimum Gasteiger partial charge on any atom is -0.424 e. The van der Waals surface area contributed by atoms with Crippen LogP contribution in [0, 0.1) is 11.8 Å². The number of carbonyl (C=O) groups excluding carboxylic acids is 2. The van der Waals surface area contributed by atoms with E-state index < -0.39 is 35.5 Å². The van der Waals surface area contributed by atoms with Crippen LogP contribution in [0.25, 0.3) is 11.2 Å². The van der Waals surface area contributed by atoms with Crippen LogP contribution in [-0.2, 0) is 34.5 Å². The van der Waals surface area contributed by atoms with Gasteiger partial charge in [-0.3, -0.25) is 18.7 Å². The molecule has 2 N–H and O–H groups in total.